The van der Waals surface area contributed by atoms with E-state index in [0.717, 1.165) is 12.8 Å². The smallest absolute Gasteiger partial charge is 0.465 e. The van der Waals surface area contributed by atoms with Gasteiger partial charge in [-0.15, -0.1) is 0 Å². The van der Waals surface area contributed by atoms with E-state index in [-0.39, 0.29) is 18.0 Å². The Balaban J connectivity index is 0.000000160. The van der Waals surface area contributed by atoms with Gasteiger partial charge in [-0.2, -0.15) is 0 Å². The van der Waals surface area contributed by atoms with Gasteiger partial charge in [-0.25, -0.2) is 0 Å². The third-order valence-electron chi connectivity index (χ3n) is 4.33. The first kappa shape index (κ1) is 17.9. The van der Waals surface area contributed by atoms with Gasteiger partial charge in [-0.3, -0.25) is 4.79 Å². The van der Waals surface area contributed by atoms with Crippen molar-refractivity contribution < 1.29 is 27.5 Å². The Morgan fingerprint density at radius 2 is 1.59 bits per heavy atom. The molecule has 0 aromatic carbocycles. The van der Waals surface area contributed by atoms with Crippen LogP contribution in [-0.4, -0.2) is 53.4 Å². The fraction of sp³-hybridized carbons (Fsp3) is 0.933. The van der Waals surface area contributed by atoms with Crippen molar-refractivity contribution in [2.45, 2.75) is 52.4 Å². The Morgan fingerprint density at radius 3 is 2.09 bits per heavy atom. The molecule has 4 atom stereocenters. The Kier molecular flexibility index (Phi) is 6.40. The van der Waals surface area contributed by atoms with E-state index in [0.29, 0.717) is 38.4 Å². The largest absolute Gasteiger partial charge is 0.497 e. The van der Waals surface area contributed by atoms with Crippen LogP contribution in [0.25, 0.3) is 0 Å². The maximum absolute atomic E-state index is 11.1. The summed E-state index contributed by atoms with van der Waals surface area (Å²) >= 11 is 0. The second kappa shape index (κ2) is 7.87. The summed E-state index contributed by atoms with van der Waals surface area (Å²) in [5.41, 5.74) is 0. The molecule has 0 aromatic rings. The number of hydrogen-bond donors (Lipinski definition) is 0. The Hall–Kier alpha value is -0.473. The monoisotopic (exact) mass is 332 g/mol. The quantitative estimate of drug-likeness (QED) is 0.548. The normalized spacial score (nSPS) is 32.5. The minimum Gasteiger partial charge on any atom is -0.465 e. The summed E-state index contributed by atoms with van der Waals surface area (Å²) in [4.78, 5) is 11.1. The standard InChI is InChI=1S/C8H10O3.C7H18O3Si/c9-8-7-4(3-10-8)5-1-2-6(7)11-5;1-5-8-11(4,9-6-2)10-7-3/h4-7H,1-3H2;5-7H2,1-4H3. The van der Waals surface area contributed by atoms with Gasteiger partial charge in [-0.05, 0) is 33.6 Å². The number of carbonyl (C=O) groups is 1. The van der Waals surface area contributed by atoms with E-state index in [1.54, 1.807) is 0 Å². The summed E-state index contributed by atoms with van der Waals surface area (Å²) in [6, 6.07) is 0. The minimum absolute atomic E-state index is 0.0257. The van der Waals surface area contributed by atoms with Crippen molar-refractivity contribution >= 4 is 14.8 Å². The molecule has 3 rings (SSSR count). The van der Waals surface area contributed by atoms with Gasteiger partial charge in [0, 0.05) is 32.3 Å². The highest BCUT2D eigenvalue weighted by Crippen LogP contribution is 2.46. The van der Waals surface area contributed by atoms with Crippen LogP contribution in [0.1, 0.15) is 33.6 Å². The summed E-state index contributed by atoms with van der Waals surface area (Å²) in [6.07, 6.45) is 2.71. The highest BCUT2D eigenvalue weighted by molar-refractivity contribution is 6.59. The molecule has 0 aliphatic carbocycles. The van der Waals surface area contributed by atoms with Crippen LogP contribution in [-0.2, 0) is 27.5 Å². The van der Waals surface area contributed by atoms with Gasteiger partial charge in [-0.1, -0.05) is 0 Å². The number of ether oxygens (including phenoxy) is 2. The zero-order valence-corrected chi connectivity index (χ0v) is 15.0. The van der Waals surface area contributed by atoms with E-state index in [1.807, 2.05) is 27.3 Å². The van der Waals surface area contributed by atoms with Crippen LogP contribution in [0, 0.1) is 11.8 Å². The SMILES string of the molecule is CCO[Si](C)(OCC)OCC.O=C1OCC2C3CCC(O3)C12. The van der Waals surface area contributed by atoms with Gasteiger partial charge >= 0.3 is 14.8 Å². The first-order chi connectivity index (χ1) is 10.5. The van der Waals surface area contributed by atoms with Crippen LogP contribution in [0.15, 0.2) is 0 Å². The average Bonchev–Trinajstić information content (AvgIpc) is 3.14. The topological polar surface area (TPSA) is 63.2 Å². The molecule has 0 spiro atoms. The Morgan fingerprint density at radius 1 is 1.05 bits per heavy atom. The maximum atomic E-state index is 11.1. The molecule has 0 N–H and O–H groups in total. The van der Waals surface area contributed by atoms with Gasteiger partial charge in [0.05, 0.1) is 24.7 Å². The number of rotatable bonds is 6. The highest BCUT2D eigenvalue weighted by Gasteiger charge is 2.56. The van der Waals surface area contributed by atoms with Crippen molar-refractivity contribution in [1.29, 1.82) is 0 Å². The number of fused-ring (bicyclic) bond motifs is 5. The summed E-state index contributed by atoms with van der Waals surface area (Å²) in [5, 5.41) is 0. The van der Waals surface area contributed by atoms with Crippen molar-refractivity contribution in [3.8, 4) is 0 Å². The summed E-state index contributed by atoms with van der Waals surface area (Å²) in [5.74, 6) is 0.456. The van der Waals surface area contributed by atoms with Crippen LogP contribution in [0.4, 0.5) is 0 Å². The molecule has 3 aliphatic heterocycles. The van der Waals surface area contributed by atoms with Crippen molar-refractivity contribution in [3.63, 3.8) is 0 Å². The molecule has 22 heavy (non-hydrogen) atoms. The molecule has 3 aliphatic rings. The molecule has 2 bridgehead atoms. The van der Waals surface area contributed by atoms with Gasteiger partial charge in [0.25, 0.3) is 0 Å². The third-order valence-corrected chi connectivity index (χ3v) is 6.77. The van der Waals surface area contributed by atoms with E-state index in [4.69, 9.17) is 22.8 Å². The van der Waals surface area contributed by atoms with Gasteiger partial charge < -0.3 is 22.8 Å². The second-order valence-electron chi connectivity index (χ2n) is 5.77. The van der Waals surface area contributed by atoms with E-state index in [1.165, 1.54) is 0 Å². The lowest BCUT2D eigenvalue weighted by molar-refractivity contribution is -0.143. The third kappa shape index (κ3) is 3.89. The number of cyclic esters (lactones) is 1. The van der Waals surface area contributed by atoms with Crippen LogP contribution in [0.2, 0.25) is 6.55 Å². The minimum atomic E-state index is -2.25. The maximum Gasteiger partial charge on any atom is 0.497 e. The number of carbonyl (C=O) groups excluding carboxylic acids is 1. The van der Waals surface area contributed by atoms with Crippen LogP contribution in [0.5, 0.6) is 0 Å². The van der Waals surface area contributed by atoms with E-state index >= 15 is 0 Å². The second-order valence-corrected chi connectivity index (χ2v) is 8.36. The summed E-state index contributed by atoms with van der Waals surface area (Å²) < 4.78 is 26.8. The van der Waals surface area contributed by atoms with Crippen molar-refractivity contribution in [2.75, 3.05) is 26.4 Å². The van der Waals surface area contributed by atoms with Crippen molar-refractivity contribution in [2.24, 2.45) is 11.8 Å². The molecule has 0 aromatic heterocycles. The van der Waals surface area contributed by atoms with Gasteiger partial charge in [0.15, 0.2) is 0 Å². The highest BCUT2D eigenvalue weighted by atomic mass is 28.4. The van der Waals surface area contributed by atoms with Crippen LogP contribution >= 0.6 is 0 Å². The van der Waals surface area contributed by atoms with E-state index in [2.05, 4.69) is 0 Å². The fourth-order valence-corrected chi connectivity index (χ4v) is 5.32. The molecule has 128 valence electrons. The molecule has 0 amide bonds. The number of esters is 1. The van der Waals surface area contributed by atoms with Crippen LogP contribution < -0.4 is 0 Å². The lowest BCUT2D eigenvalue weighted by atomic mass is 9.81. The van der Waals surface area contributed by atoms with Gasteiger partial charge in [0.1, 0.15) is 0 Å². The molecule has 0 saturated carbocycles. The van der Waals surface area contributed by atoms with E-state index < -0.39 is 8.80 Å². The molecule has 6 nitrogen and oxygen atoms in total. The molecular formula is C15H28O6Si. The summed E-state index contributed by atoms with van der Waals surface area (Å²) in [6.45, 7) is 10.3. The molecular weight excluding hydrogens is 304 g/mol. The van der Waals surface area contributed by atoms with E-state index in [9.17, 15) is 4.79 Å². The zero-order valence-electron chi connectivity index (χ0n) is 14.0. The van der Waals surface area contributed by atoms with Gasteiger partial charge in [0.2, 0.25) is 0 Å². The Labute approximate surface area is 133 Å². The van der Waals surface area contributed by atoms with Crippen molar-refractivity contribution in [3.05, 3.63) is 0 Å². The summed E-state index contributed by atoms with van der Waals surface area (Å²) in [7, 11) is -2.25. The Bertz CT molecular complexity index is 360. The van der Waals surface area contributed by atoms with Crippen LogP contribution in [0.3, 0.4) is 0 Å². The molecule has 3 saturated heterocycles. The average molecular weight is 332 g/mol. The predicted octanol–water partition coefficient (Wildman–Crippen LogP) is 2.00. The number of hydrogen-bond acceptors (Lipinski definition) is 6. The molecule has 3 heterocycles. The molecule has 0 radical (unpaired) electrons. The lowest BCUT2D eigenvalue weighted by Crippen LogP contribution is -2.42. The fourth-order valence-electron chi connectivity index (χ4n) is 3.50. The molecule has 7 heteroatoms. The first-order valence-electron chi connectivity index (χ1n) is 8.28. The zero-order chi connectivity index (χ0) is 16.2. The first-order valence-corrected chi connectivity index (χ1v) is 10.5. The molecule has 3 fully saturated rings. The predicted molar refractivity (Wildman–Crippen MR) is 82.3 cm³/mol. The molecule has 4 unspecified atom stereocenters. The van der Waals surface area contributed by atoms with Crippen molar-refractivity contribution in [1.82, 2.24) is 0 Å². The lowest BCUT2D eigenvalue weighted by Gasteiger charge is -2.23.